The third-order valence-corrected chi connectivity index (χ3v) is 4.48. The van der Waals surface area contributed by atoms with Gasteiger partial charge in [-0.25, -0.2) is 0 Å². The molecule has 0 aromatic carbocycles. The summed E-state index contributed by atoms with van der Waals surface area (Å²) in [4.78, 5) is 12.5. The minimum absolute atomic E-state index is 0.0300. The number of hydrogen-bond acceptors (Lipinski definition) is 4. The zero-order valence-electron chi connectivity index (χ0n) is 12.6. The van der Waals surface area contributed by atoms with Gasteiger partial charge in [0.2, 0.25) is 5.91 Å². The molecule has 1 aromatic rings. The van der Waals surface area contributed by atoms with Crippen LogP contribution in [0.3, 0.4) is 0 Å². The van der Waals surface area contributed by atoms with Gasteiger partial charge in [0.1, 0.15) is 6.10 Å². The summed E-state index contributed by atoms with van der Waals surface area (Å²) in [6.07, 6.45) is 1.55. The lowest BCUT2D eigenvalue weighted by Gasteiger charge is -2.42. The van der Waals surface area contributed by atoms with Gasteiger partial charge < -0.3 is 14.6 Å². The molecule has 0 unspecified atom stereocenters. The maximum Gasteiger partial charge on any atom is 0.233 e. The molecule has 0 saturated carbocycles. The van der Waals surface area contributed by atoms with Crippen LogP contribution in [0.15, 0.2) is 12.1 Å². The topological polar surface area (TPSA) is 60.7 Å². The maximum atomic E-state index is 12.5. The van der Waals surface area contributed by atoms with Crippen LogP contribution in [0.25, 0.3) is 0 Å². The predicted molar refractivity (Wildman–Crippen MR) is 77.4 cm³/mol. The van der Waals surface area contributed by atoms with Crippen LogP contribution in [-0.2, 0) is 9.47 Å². The van der Waals surface area contributed by atoms with Gasteiger partial charge in [0, 0.05) is 24.4 Å². The number of carbonyl (C=O) groups excluding carboxylic acids is 1. The van der Waals surface area contributed by atoms with Gasteiger partial charge >= 0.3 is 0 Å². The quantitative estimate of drug-likeness (QED) is 0.904. The van der Waals surface area contributed by atoms with Crippen LogP contribution in [0.4, 0.5) is 0 Å². The number of fused-ring (bicyclic) bond motifs is 1. The highest BCUT2D eigenvalue weighted by Crippen LogP contribution is 2.30. The molecule has 0 amide bonds. The summed E-state index contributed by atoms with van der Waals surface area (Å²) in [6, 6.07) is 3.88. The average Bonchev–Trinajstić information content (AvgIpc) is 2.78. The first-order chi connectivity index (χ1) is 10.1. The highest BCUT2D eigenvalue weighted by atomic mass is 16.6. The lowest BCUT2D eigenvalue weighted by molar-refractivity contribution is -0.206. The van der Waals surface area contributed by atoms with E-state index >= 15 is 0 Å². The van der Waals surface area contributed by atoms with Gasteiger partial charge in [0.05, 0.1) is 24.7 Å². The van der Waals surface area contributed by atoms with Crippen LogP contribution in [0.1, 0.15) is 41.9 Å². The van der Waals surface area contributed by atoms with Crippen molar-refractivity contribution >= 4 is 5.91 Å². The van der Waals surface area contributed by atoms with Crippen LogP contribution < -0.4 is 0 Å². The third kappa shape index (κ3) is 2.91. The van der Waals surface area contributed by atoms with Gasteiger partial charge in [-0.15, -0.1) is 0 Å². The molecule has 0 aliphatic carbocycles. The van der Waals surface area contributed by atoms with E-state index < -0.39 is 6.10 Å². The molecular weight excluding hydrogens is 270 g/mol. The largest absolute Gasteiger partial charge is 0.390 e. The monoisotopic (exact) mass is 293 g/mol. The van der Waals surface area contributed by atoms with E-state index in [0.717, 1.165) is 24.2 Å². The Balaban J connectivity index is 1.67. The summed E-state index contributed by atoms with van der Waals surface area (Å²) in [5, 5.41) is 10.2. The Morgan fingerprint density at radius 1 is 1.38 bits per heavy atom. The molecular formula is C16H23NO4. The molecule has 5 heteroatoms. The first-order valence-corrected chi connectivity index (χ1v) is 7.69. The zero-order valence-corrected chi connectivity index (χ0v) is 12.6. The first kappa shape index (κ1) is 14.8. The molecule has 1 N–H and O–H groups in total. The first-order valence-electron chi connectivity index (χ1n) is 7.69. The van der Waals surface area contributed by atoms with Crippen molar-refractivity contribution in [3.63, 3.8) is 0 Å². The average molecular weight is 293 g/mol. The van der Waals surface area contributed by atoms with Gasteiger partial charge in [-0.2, -0.15) is 0 Å². The summed E-state index contributed by atoms with van der Waals surface area (Å²) >= 11 is 0. The molecule has 5 nitrogen and oxygen atoms in total. The van der Waals surface area contributed by atoms with Crippen molar-refractivity contribution in [2.75, 3.05) is 6.61 Å². The Kier molecular flexibility index (Phi) is 4.15. The molecule has 0 spiro atoms. The number of ether oxygens (including phenoxy) is 2. The smallest absolute Gasteiger partial charge is 0.233 e. The molecule has 3 heterocycles. The van der Waals surface area contributed by atoms with Crippen molar-refractivity contribution in [2.45, 2.75) is 63.9 Å². The number of aliphatic hydroxyl groups is 1. The van der Waals surface area contributed by atoms with Crippen molar-refractivity contribution in [3.8, 4) is 0 Å². The fourth-order valence-electron chi connectivity index (χ4n) is 3.47. The number of carbonyl (C=O) groups is 1. The number of rotatable bonds is 2. The van der Waals surface area contributed by atoms with E-state index in [1.54, 1.807) is 4.57 Å². The summed E-state index contributed by atoms with van der Waals surface area (Å²) in [7, 11) is 0. The van der Waals surface area contributed by atoms with Crippen molar-refractivity contribution in [1.29, 1.82) is 0 Å². The van der Waals surface area contributed by atoms with E-state index in [4.69, 9.17) is 9.47 Å². The Hall–Kier alpha value is -1.17. The lowest BCUT2D eigenvalue weighted by atomic mass is 9.92. The SMILES string of the molecule is Cc1ccc(C)n1C(=O)C[C@@H]1C[C@@H](O)[C@H]2OCCC[C@@H]2O1. The zero-order chi connectivity index (χ0) is 15.0. The molecule has 2 fully saturated rings. The summed E-state index contributed by atoms with van der Waals surface area (Å²) in [5.41, 5.74) is 1.88. The van der Waals surface area contributed by atoms with Crippen molar-refractivity contribution in [1.82, 2.24) is 4.57 Å². The number of aromatic nitrogens is 1. The second-order valence-corrected chi connectivity index (χ2v) is 6.13. The molecule has 0 radical (unpaired) electrons. The van der Waals surface area contributed by atoms with Crippen LogP contribution in [-0.4, -0.2) is 46.6 Å². The molecule has 2 aliphatic rings. The Morgan fingerprint density at radius 3 is 2.81 bits per heavy atom. The number of nitrogens with zero attached hydrogens (tertiary/aromatic N) is 1. The lowest BCUT2D eigenvalue weighted by Crippen LogP contribution is -2.52. The van der Waals surface area contributed by atoms with Crippen molar-refractivity contribution < 1.29 is 19.4 Å². The van der Waals surface area contributed by atoms with E-state index in [0.29, 0.717) is 19.4 Å². The maximum absolute atomic E-state index is 12.5. The Labute approximate surface area is 124 Å². The minimum atomic E-state index is -0.534. The van der Waals surface area contributed by atoms with E-state index in [1.165, 1.54) is 0 Å². The van der Waals surface area contributed by atoms with Crippen LogP contribution in [0.2, 0.25) is 0 Å². The van der Waals surface area contributed by atoms with Crippen LogP contribution in [0, 0.1) is 13.8 Å². The minimum Gasteiger partial charge on any atom is -0.390 e. The third-order valence-electron chi connectivity index (χ3n) is 4.48. The predicted octanol–water partition coefficient (Wildman–Crippen LogP) is 1.83. The van der Waals surface area contributed by atoms with Crippen LogP contribution >= 0.6 is 0 Å². The summed E-state index contributed by atoms with van der Waals surface area (Å²) in [6.45, 7) is 4.53. The normalized spacial score (nSPS) is 32.7. The molecule has 4 atom stereocenters. The van der Waals surface area contributed by atoms with Gasteiger partial charge in [-0.1, -0.05) is 0 Å². The van der Waals surface area contributed by atoms with E-state index in [1.807, 2.05) is 26.0 Å². The Morgan fingerprint density at radius 2 is 2.10 bits per heavy atom. The number of aliphatic hydroxyl groups excluding tert-OH is 1. The summed E-state index contributed by atoms with van der Waals surface area (Å²) in [5.74, 6) is 0.0300. The molecule has 3 rings (SSSR count). The Bertz CT molecular complexity index is 505. The molecule has 21 heavy (non-hydrogen) atoms. The highest BCUT2D eigenvalue weighted by Gasteiger charge is 2.40. The van der Waals surface area contributed by atoms with E-state index in [2.05, 4.69) is 0 Å². The molecule has 116 valence electrons. The van der Waals surface area contributed by atoms with Gasteiger partial charge in [-0.05, 0) is 38.8 Å². The van der Waals surface area contributed by atoms with Gasteiger partial charge in [0.15, 0.2) is 0 Å². The van der Waals surface area contributed by atoms with E-state index in [-0.39, 0.29) is 24.2 Å². The second-order valence-electron chi connectivity index (χ2n) is 6.13. The number of hydrogen-bond donors (Lipinski definition) is 1. The summed E-state index contributed by atoms with van der Waals surface area (Å²) < 4.78 is 13.3. The second kappa shape index (κ2) is 5.91. The fraction of sp³-hybridized carbons (Fsp3) is 0.688. The van der Waals surface area contributed by atoms with Crippen molar-refractivity contribution in [3.05, 3.63) is 23.5 Å². The van der Waals surface area contributed by atoms with Crippen LogP contribution in [0.5, 0.6) is 0 Å². The molecule has 1 aromatic heterocycles. The molecule has 2 aliphatic heterocycles. The molecule has 2 saturated heterocycles. The fourth-order valence-corrected chi connectivity index (χ4v) is 3.47. The standard InChI is InChI=1S/C16H23NO4/c1-10-5-6-11(2)17(10)15(19)9-12-8-13(18)16-14(21-12)4-3-7-20-16/h5-6,12-14,16,18H,3-4,7-9H2,1-2H3/t12-,13+,14-,16+/m0/s1. The number of aryl methyl sites for hydroxylation is 2. The van der Waals surface area contributed by atoms with Gasteiger partial charge in [0.25, 0.3) is 0 Å². The molecule has 0 bridgehead atoms. The van der Waals surface area contributed by atoms with Crippen molar-refractivity contribution in [2.24, 2.45) is 0 Å². The highest BCUT2D eigenvalue weighted by molar-refractivity contribution is 5.81. The van der Waals surface area contributed by atoms with Gasteiger partial charge in [-0.3, -0.25) is 9.36 Å². The van der Waals surface area contributed by atoms with E-state index in [9.17, 15) is 9.90 Å².